The normalized spacial score (nSPS) is 12.0. The smallest absolute Gasteiger partial charge is 0.410 e. The maximum Gasteiger partial charge on any atom is 0.410 e. The van der Waals surface area contributed by atoms with Gasteiger partial charge in [-0.05, 0) is 44.7 Å². The summed E-state index contributed by atoms with van der Waals surface area (Å²) in [5.41, 5.74) is 1.34. The van der Waals surface area contributed by atoms with E-state index in [0.29, 0.717) is 38.1 Å². The Kier molecular flexibility index (Phi) is 9.49. The zero-order chi connectivity index (χ0) is 23.6. The number of ether oxygens (including phenoxy) is 1. The number of amides is 1. The Morgan fingerprint density at radius 3 is 2.69 bits per heavy atom. The van der Waals surface area contributed by atoms with E-state index in [9.17, 15) is 4.79 Å². The van der Waals surface area contributed by atoms with Crippen molar-refractivity contribution in [3.8, 4) is 0 Å². The Morgan fingerprint density at radius 1 is 1.31 bits per heavy atom. The lowest BCUT2D eigenvalue weighted by molar-refractivity contribution is 0.0232. The number of guanidine groups is 1. The number of nitrogens with zero attached hydrogens (tertiary/aromatic N) is 4. The van der Waals surface area contributed by atoms with E-state index in [2.05, 4.69) is 39.6 Å². The fourth-order valence-electron chi connectivity index (χ4n) is 2.83. The third kappa shape index (κ3) is 8.95. The van der Waals surface area contributed by atoms with Gasteiger partial charge in [-0.1, -0.05) is 25.1 Å². The van der Waals surface area contributed by atoms with Crippen molar-refractivity contribution in [2.45, 2.75) is 65.6 Å². The van der Waals surface area contributed by atoms with Gasteiger partial charge in [0.25, 0.3) is 0 Å². The fraction of sp³-hybridized carbons (Fsp3) is 0.565. The van der Waals surface area contributed by atoms with Crippen LogP contribution < -0.4 is 10.6 Å². The number of hydrogen-bond donors (Lipinski definition) is 2. The van der Waals surface area contributed by atoms with Crippen molar-refractivity contribution in [2.24, 2.45) is 4.99 Å². The van der Waals surface area contributed by atoms with Crippen molar-refractivity contribution < 1.29 is 14.1 Å². The van der Waals surface area contributed by atoms with E-state index in [1.165, 1.54) is 0 Å². The van der Waals surface area contributed by atoms with E-state index in [1.807, 2.05) is 39.0 Å². The lowest BCUT2D eigenvalue weighted by Crippen LogP contribution is -2.40. The van der Waals surface area contributed by atoms with Crippen LogP contribution in [0.4, 0.5) is 4.79 Å². The van der Waals surface area contributed by atoms with Crippen LogP contribution in [-0.4, -0.2) is 52.8 Å². The highest BCUT2D eigenvalue weighted by Gasteiger charge is 2.22. The Labute approximate surface area is 190 Å². The number of pyridine rings is 1. The van der Waals surface area contributed by atoms with Crippen molar-refractivity contribution in [1.29, 1.82) is 0 Å². The lowest BCUT2D eigenvalue weighted by Gasteiger charge is -2.27. The predicted octanol–water partition coefficient (Wildman–Crippen LogP) is 3.69. The highest BCUT2D eigenvalue weighted by molar-refractivity contribution is 5.79. The van der Waals surface area contributed by atoms with E-state index < -0.39 is 5.60 Å². The molecule has 0 unspecified atom stereocenters. The summed E-state index contributed by atoms with van der Waals surface area (Å²) in [6, 6.07) is 5.75. The average molecular weight is 445 g/mol. The maximum atomic E-state index is 12.7. The molecule has 0 aromatic carbocycles. The number of hydrogen-bond acceptors (Lipinski definition) is 6. The van der Waals surface area contributed by atoms with E-state index in [0.717, 1.165) is 23.4 Å². The van der Waals surface area contributed by atoms with E-state index >= 15 is 0 Å². The molecule has 0 atom stereocenters. The van der Waals surface area contributed by atoms with Gasteiger partial charge in [-0.15, -0.1) is 0 Å². The summed E-state index contributed by atoms with van der Waals surface area (Å²) in [4.78, 5) is 22.7. The molecule has 0 saturated carbocycles. The van der Waals surface area contributed by atoms with Gasteiger partial charge in [-0.25, -0.2) is 4.79 Å². The molecule has 9 nitrogen and oxygen atoms in total. The monoisotopic (exact) mass is 444 g/mol. The van der Waals surface area contributed by atoms with Gasteiger partial charge in [0.2, 0.25) is 0 Å². The molecular formula is C23H36N6O3. The Morgan fingerprint density at radius 2 is 2.09 bits per heavy atom. The number of carbonyl (C=O) groups excluding carboxylic acids is 1. The largest absolute Gasteiger partial charge is 0.444 e. The molecule has 2 aromatic rings. The van der Waals surface area contributed by atoms with Crippen LogP contribution in [0.15, 0.2) is 40.1 Å². The zero-order valence-electron chi connectivity index (χ0n) is 20.0. The minimum atomic E-state index is -0.551. The first-order valence-corrected chi connectivity index (χ1v) is 10.9. The van der Waals surface area contributed by atoms with E-state index in [-0.39, 0.29) is 6.09 Å². The molecule has 0 aliphatic carbocycles. The van der Waals surface area contributed by atoms with Crippen LogP contribution in [0, 0.1) is 0 Å². The molecule has 0 spiro atoms. The fourth-order valence-corrected chi connectivity index (χ4v) is 2.83. The average Bonchev–Trinajstić information content (AvgIpc) is 3.21. The van der Waals surface area contributed by atoms with Gasteiger partial charge in [-0.2, -0.15) is 0 Å². The summed E-state index contributed by atoms with van der Waals surface area (Å²) in [6.45, 7) is 11.8. The summed E-state index contributed by atoms with van der Waals surface area (Å²) < 4.78 is 10.9. The third-order valence-corrected chi connectivity index (χ3v) is 4.47. The topological polar surface area (TPSA) is 105 Å². The van der Waals surface area contributed by atoms with Gasteiger partial charge in [0.1, 0.15) is 5.60 Å². The first kappa shape index (κ1) is 25.2. The van der Waals surface area contributed by atoms with Gasteiger partial charge in [0, 0.05) is 38.6 Å². The van der Waals surface area contributed by atoms with Crippen molar-refractivity contribution in [1.82, 2.24) is 25.7 Å². The summed E-state index contributed by atoms with van der Waals surface area (Å²) in [5.74, 6) is 1.73. The standard InChI is InChI=1S/C23H36N6O3/c1-17(2)20-13-19(32-28-20)15-27-21(24-6)26-11-8-12-29(22(30)31-23(3,4)5)16-18-9-7-10-25-14-18/h7,9-10,13-14,17H,8,11-12,15-16H2,1-6H3,(H2,24,26,27). The molecule has 2 heterocycles. The minimum Gasteiger partial charge on any atom is -0.444 e. The van der Waals surface area contributed by atoms with Crippen LogP contribution >= 0.6 is 0 Å². The second-order valence-electron chi connectivity index (χ2n) is 8.84. The number of aromatic nitrogens is 2. The lowest BCUT2D eigenvalue weighted by atomic mass is 10.1. The molecule has 0 fully saturated rings. The molecule has 0 radical (unpaired) electrons. The molecular weight excluding hydrogens is 408 g/mol. The number of rotatable bonds is 9. The number of aliphatic imine (C=N–C) groups is 1. The van der Waals surface area contributed by atoms with Crippen LogP contribution in [0.25, 0.3) is 0 Å². The molecule has 2 rings (SSSR count). The molecule has 176 valence electrons. The predicted molar refractivity (Wildman–Crippen MR) is 124 cm³/mol. The molecule has 0 aliphatic heterocycles. The maximum absolute atomic E-state index is 12.7. The molecule has 0 bridgehead atoms. The van der Waals surface area contributed by atoms with E-state index in [4.69, 9.17) is 9.26 Å². The van der Waals surface area contributed by atoms with Gasteiger partial charge >= 0.3 is 6.09 Å². The van der Waals surface area contributed by atoms with Gasteiger partial charge in [0.05, 0.1) is 18.8 Å². The number of nitrogens with one attached hydrogen (secondary N) is 2. The minimum absolute atomic E-state index is 0.324. The summed E-state index contributed by atoms with van der Waals surface area (Å²) >= 11 is 0. The van der Waals surface area contributed by atoms with Gasteiger partial charge in [0.15, 0.2) is 11.7 Å². The molecule has 2 N–H and O–H groups in total. The quantitative estimate of drug-likeness (QED) is 0.345. The second kappa shape index (κ2) is 12.1. The molecule has 2 aromatic heterocycles. The third-order valence-electron chi connectivity index (χ3n) is 4.47. The van der Waals surface area contributed by atoms with Crippen LogP contribution in [-0.2, 0) is 17.8 Å². The summed E-state index contributed by atoms with van der Waals surface area (Å²) in [6.07, 6.45) is 3.86. The summed E-state index contributed by atoms with van der Waals surface area (Å²) in [7, 11) is 1.71. The highest BCUT2D eigenvalue weighted by atomic mass is 16.6. The molecule has 1 amide bonds. The van der Waals surface area contributed by atoms with Crippen molar-refractivity contribution in [3.05, 3.63) is 47.6 Å². The first-order chi connectivity index (χ1) is 15.2. The SMILES string of the molecule is CN=C(NCCCN(Cc1cccnc1)C(=O)OC(C)(C)C)NCc1cc(C(C)C)no1. The van der Waals surface area contributed by atoms with Crippen molar-refractivity contribution in [2.75, 3.05) is 20.1 Å². The van der Waals surface area contributed by atoms with E-state index in [1.54, 1.807) is 24.3 Å². The van der Waals surface area contributed by atoms with Crippen LogP contribution in [0.1, 0.15) is 64.0 Å². The summed E-state index contributed by atoms with van der Waals surface area (Å²) in [5, 5.41) is 10.5. The molecule has 0 aliphatic rings. The van der Waals surface area contributed by atoms with Crippen LogP contribution in [0.5, 0.6) is 0 Å². The van der Waals surface area contributed by atoms with Gasteiger partial charge < -0.3 is 24.8 Å². The van der Waals surface area contributed by atoms with Crippen molar-refractivity contribution in [3.63, 3.8) is 0 Å². The zero-order valence-corrected chi connectivity index (χ0v) is 20.0. The Bertz CT molecular complexity index is 858. The van der Waals surface area contributed by atoms with Crippen molar-refractivity contribution >= 4 is 12.1 Å². The van der Waals surface area contributed by atoms with Gasteiger partial charge in [-0.3, -0.25) is 9.98 Å². The first-order valence-electron chi connectivity index (χ1n) is 10.9. The molecule has 32 heavy (non-hydrogen) atoms. The van der Waals surface area contributed by atoms with Crippen LogP contribution in [0.3, 0.4) is 0 Å². The molecule has 0 saturated heterocycles. The second-order valence-corrected chi connectivity index (χ2v) is 8.84. The van der Waals surface area contributed by atoms with Crippen LogP contribution in [0.2, 0.25) is 0 Å². The Balaban J connectivity index is 1.83. The Hall–Kier alpha value is -3.10. The number of carbonyl (C=O) groups is 1. The molecule has 9 heteroatoms. The highest BCUT2D eigenvalue weighted by Crippen LogP contribution is 2.14.